The molecule has 0 saturated carbocycles. The van der Waals surface area contributed by atoms with Crippen molar-refractivity contribution < 1.29 is 14.3 Å². The Morgan fingerprint density at radius 2 is 1.56 bits per heavy atom. The third-order valence-electron chi connectivity index (χ3n) is 3.65. The lowest BCUT2D eigenvalue weighted by Crippen LogP contribution is -2.29. The summed E-state index contributed by atoms with van der Waals surface area (Å²) in [7, 11) is 1.47. The van der Waals surface area contributed by atoms with Gasteiger partial charge in [0.15, 0.2) is 0 Å². The van der Waals surface area contributed by atoms with Gasteiger partial charge in [-0.1, -0.05) is 48.0 Å². The Labute approximate surface area is 149 Å². The number of fused-ring (bicyclic) bond motifs is 1. The topological polar surface area (TPSA) is 67.4 Å². The zero-order valence-corrected chi connectivity index (χ0v) is 14.1. The van der Waals surface area contributed by atoms with Crippen LogP contribution in [0.25, 0.3) is 10.8 Å². The van der Waals surface area contributed by atoms with Crippen LogP contribution < -0.4 is 15.4 Å². The van der Waals surface area contributed by atoms with Gasteiger partial charge in [0, 0.05) is 16.1 Å². The minimum Gasteiger partial charge on any atom is -0.495 e. The van der Waals surface area contributed by atoms with Crippen LogP contribution in [0.1, 0.15) is 0 Å². The zero-order valence-electron chi connectivity index (χ0n) is 13.4. The molecule has 25 heavy (non-hydrogen) atoms. The first-order valence-electron chi connectivity index (χ1n) is 7.52. The quantitative estimate of drug-likeness (QED) is 0.696. The van der Waals surface area contributed by atoms with Crippen molar-refractivity contribution in [1.82, 2.24) is 0 Å². The van der Waals surface area contributed by atoms with Crippen molar-refractivity contribution >= 4 is 45.6 Å². The molecule has 0 heterocycles. The van der Waals surface area contributed by atoms with Crippen LogP contribution in [0, 0.1) is 0 Å². The summed E-state index contributed by atoms with van der Waals surface area (Å²) in [4.78, 5) is 24.5. The molecule has 0 radical (unpaired) electrons. The van der Waals surface area contributed by atoms with Crippen LogP contribution >= 0.6 is 11.6 Å². The van der Waals surface area contributed by atoms with Crippen LogP contribution in [0.4, 0.5) is 11.4 Å². The fourth-order valence-electron chi connectivity index (χ4n) is 2.47. The molecule has 3 rings (SSSR count). The molecule has 0 aliphatic carbocycles. The number of benzene rings is 3. The third kappa shape index (κ3) is 3.72. The highest BCUT2D eigenvalue weighted by atomic mass is 35.5. The van der Waals surface area contributed by atoms with Gasteiger partial charge in [0.1, 0.15) is 5.75 Å². The molecular weight excluding hydrogens is 340 g/mol. The predicted octanol–water partition coefficient (Wildman–Crippen LogP) is 4.08. The van der Waals surface area contributed by atoms with Gasteiger partial charge in [-0.15, -0.1) is 0 Å². The van der Waals surface area contributed by atoms with Crippen molar-refractivity contribution in [2.45, 2.75) is 0 Å². The summed E-state index contributed by atoms with van der Waals surface area (Å²) in [5.41, 5.74) is 0.893. The standard InChI is InChI=1S/C19H15ClN2O3/c1-25-17-10-9-13(20)11-16(17)22-19(24)18(23)21-15-8-4-6-12-5-2-3-7-14(12)15/h2-11H,1H3,(H,21,23)(H,22,24). The third-order valence-corrected chi connectivity index (χ3v) is 3.89. The lowest BCUT2D eigenvalue weighted by molar-refractivity contribution is -0.132. The Morgan fingerprint density at radius 1 is 0.880 bits per heavy atom. The molecule has 0 aromatic heterocycles. The van der Waals surface area contributed by atoms with Gasteiger partial charge in [-0.2, -0.15) is 0 Å². The maximum Gasteiger partial charge on any atom is 0.314 e. The summed E-state index contributed by atoms with van der Waals surface area (Å²) >= 11 is 5.92. The van der Waals surface area contributed by atoms with Crippen molar-refractivity contribution in [2.24, 2.45) is 0 Å². The Balaban J connectivity index is 1.79. The number of ether oxygens (including phenoxy) is 1. The first-order chi connectivity index (χ1) is 12.1. The molecule has 2 amide bonds. The van der Waals surface area contributed by atoms with Crippen LogP contribution in [0.3, 0.4) is 0 Å². The van der Waals surface area contributed by atoms with Crippen LogP contribution in [0.2, 0.25) is 5.02 Å². The van der Waals surface area contributed by atoms with Crippen molar-refractivity contribution in [1.29, 1.82) is 0 Å². The molecule has 0 bridgehead atoms. The summed E-state index contributed by atoms with van der Waals surface area (Å²) in [6, 6.07) is 17.8. The van der Waals surface area contributed by atoms with Crippen LogP contribution in [0.15, 0.2) is 60.7 Å². The second-order valence-corrected chi connectivity index (χ2v) is 5.72. The average molecular weight is 355 g/mol. The molecule has 0 atom stereocenters. The summed E-state index contributed by atoms with van der Waals surface area (Å²) in [6.07, 6.45) is 0. The Bertz CT molecular complexity index is 951. The van der Waals surface area contributed by atoms with E-state index in [0.29, 0.717) is 22.1 Å². The van der Waals surface area contributed by atoms with E-state index in [1.807, 2.05) is 36.4 Å². The number of methoxy groups -OCH3 is 1. The van der Waals surface area contributed by atoms with Gasteiger partial charge < -0.3 is 15.4 Å². The van der Waals surface area contributed by atoms with Crippen LogP contribution in [0.5, 0.6) is 5.75 Å². The number of hydrogen-bond acceptors (Lipinski definition) is 3. The first kappa shape index (κ1) is 16.8. The van der Waals surface area contributed by atoms with Gasteiger partial charge in [0.25, 0.3) is 0 Å². The predicted molar refractivity (Wildman–Crippen MR) is 99.2 cm³/mol. The maximum atomic E-state index is 12.2. The lowest BCUT2D eigenvalue weighted by atomic mass is 10.1. The molecule has 3 aromatic rings. The van der Waals surface area contributed by atoms with Crippen LogP contribution in [-0.2, 0) is 9.59 Å². The number of nitrogens with one attached hydrogen (secondary N) is 2. The van der Waals surface area contributed by atoms with Crippen molar-refractivity contribution in [3.8, 4) is 5.75 Å². The number of rotatable bonds is 3. The van der Waals surface area contributed by atoms with E-state index in [1.165, 1.54) is 13.2 Å². The van der Waals surface area contributed by atoms with Crippen molar-refractivity contribution in [3.05, 3.63) is 65.7 Å². The lowest BCUT2D eigenvalue weighted by Gasteiger charge is -2.11. The second kappa shape index (κ2) is 7.23. The van der Waals surface area contributed by atoms with Gasteiger partial charge in [-0.25, -0.2) is 0 Å². The van der Waals surface area contributed by atoms with Gasteiger partial charge >= 0.3 is 11.8 Å². The molecule has 5 nitrogen and oxygen atoms in total. The molecule has 6 heteroatoms. The highest BCUT2D eigenvalue weighted by molar-refractivity contribution is 6.44. The summed E-state index contributed by atoms with van der Waals surface area (Å²) in [5.74, 6) is -1.18. The molecule has 0 spiro atoms. The largest absolute Gasteiger partial charge is 0.495 e. The van der Waals surface area contributed by atoms with Gasteiger partial charge in [0.2, 0.25) is 0 Å². The normalized spacial score (nSPS) is 10.3. The van der Waals surface area contributed by atoms with Gasteiger partial charge in [0.05, 0.1) is 12.8 Å². The molecule has 0 fully saturated rings. The molecule has 0 aliphatic rings. The van der Waals surface area contributed by atoms with Crippen LogP contribution in [-0.4, -0.2) is 18.9 Å². The summed E-state index contributed by atoms with van der Waals surface area (Å²) < 4.78 is 5.15. The van der Waals surface area contributed by atoms with Crippen molar-refractivity contribution in [2.75, 3.05) is 17.7 Å². The maximum absolute atomic E-state index is 12.2. The Morgan fingerprint density at radius 3 is 2.32 bits per heavy atom. The minimum absolute atomic E-state index is 0.327. The van der Waals surface area contributed by atoms with E-state index >= 15 is 0 Å². The number of carbonyl (C=O) groups excluding carboxylic acids is 2. The van der Waals surface area contributed by atoms with Crippen molar-refractivity contribution in [3.63, 3.8) is 0 Å². The minimum atomic E-state index is -0.812. The smallest absolute Gasteiger partial charge is 0.314 e. The Hall–Kier alpha value is -3.05. The van der Waals surface area contributed by atoms with E-state index in [0.717, 1.165) is 10.8 Å². The molecule has 2 N–H and O–H groups in total. The molecule has 0 saturated heterocycles. The van der Waals surface area contributed by atoms with Gasteiger partial charge in [-0.3, -0.25) is 9.59 Å². The van der Waals surface area contributed by atoms with E-state index in [-0.39, 0.29) is 0 Å². The molecule has 126 valence electrons. The van der Waals surface area contributed by atoms with E-state index in [2.05, 4.69) is 10.6 Å². The SMILES string of the molecule is COc1ccc(Cl)cc1NC(=O)C(=O)Nc1cccc2ccccc12. The molecular formula is C19H15ClN2O3. The average Bonchev–Trinajstić information content (AvgIpc) is 2.62. The fraction of sp³-hybridized carbons (Fsp3) is 0.0526. The number of anilines is 2. The number of halogens is 1. The monoisotopic (exact) mass is 354 g/mol. The number of hydrogen-bond donors (Lipinski definition) is 2. The number of carbonyl (C=O) groups is 2. The second-order valence-electron chi connectivity index (χ2n) is 5.28. The summed E-state index contributed by atoms with van der Waals surface area (Å²) in [5, 5.41) is 7.39. The fourth-order valence-corrected chi connectivity index (χ4v) is 2.64. The van der Waals surface area contributed by atoms with Gasteiger partial charge in [-0.05, 0) is 29.7 Å². The Kier molecular flexibility index (Phi) is 4.86. The highest BCUT2D eigenvalue weighted by Gasteiger charge is 2.17. The summed E-state index contributed by atoms with van der Waals surface area (Å²) in [6.45, 7) is 0. The molecule has 0 unspecified atom stereocenters. The molecule has 3 aromatic carbocycles. The molecule has 0 aliphatic heterocycles. The van der Waals surface area contributed by atoms with E-state index in [4.69, 9.17) is 16.3 Å². The zero-order chi connectivity index (χ0) is 17.8. The van der Waals surface area contributed by atoms with E-state index in [9.17, 15) is 9.59 Å². The first-order valence-corrected chi connectivity index (χ1v) is 7.90. The van der Waals surface area contributed by atoms with E-state index in [1.54, 1.807) is 18.2 Å². The highest BCUT2D eigenvalue weighted by Crippen LogP contribution is 2.28. The number of amides is 2. The van der Waals surface area contributed by atoms with E-state index < -0.39 is 11.8 Å².